The van der Waals surface area contributed by atoms with Gasteiger partial charge in [0, 0.05) is 25.1 Å². The van der Waals surface area contributed by atoms with Gasteiger partial charge in [-0.2, -0.15) is 4.98 Å². The summed E-state index contributed by atoms with van der Waals surface area (Å²) in [5.74, 6) is 1.56. The average molecular weight is 332 g/mol. The number of aromatic nitrogens is 3. The van der Waals surface area contributed by atoms with Crippen LogP contribution in [0.2, 0.25) is 0 Å². The van der Waals surface area contributed by atoms with Crippen LogP contribution in [-0.4, -0.2) is 51.7 Å². The molecule has 7 heteroatoms. The van der Waals surface area contributed by atoms with E-state index in [0.29, 0.717) is 18.1 Å². The third kappa shape index (κ3) is 3.60. The maximum atomic E-state index is 12.3. The molecule has 3 heterocycles. The Morgan fingerprint density at radius 3 is 2.83 bits per heavy atom. The number of hydrogen-bond acceptors (Lipinski definition) is 5. The number of H-pyrrole nitrogens is 1. The highest BCUT2D eigenvalue weighted by molar-refractivity contribution is 5.71. The molecule has 0 spiro atoms. The molecule has 0 bridgehead atoms. The number of hydrogen-bond donors (Lipinski definition) is 1. The molecular formula is C17H24N4O3. The van der Waals surface area contributed by atoms with Gasteiger partial charge in [-0.25, -0.2) is 9.78 Å². The molecule has 3 rings (SSSR count). The molecule has 0 aromatic carbocycles. The number of imidazole rings is 1. The molecule has 2 aromatic heterocycles. The first kappa shape index (κ1) is 16.5. The second-order valence-corrected chi connectivity index (χ2v) is 7.11. The number of pyridine rings is 1. The normalized spacial score (nSPS) is 18.7. The SMILES string of the molecule is COc1ccc2[nH]c([C@@H]3CCCN(C(=O)OC(C)(C)C)C3)nc2n1. The van der Waals surface area contributed by atoms with Crippen molar-refractivity contribution in [2.45, 2.75) is 45.1 Å². The summed E-state index contributed by atoms with van der Waals surface area (Å²) >= 11 is 0. The predicted octanol–water partition coefficient (Wildman–Crippen LogP) is 3.08. The van der Waals surface area contributed by atoms with Crippen molar-refractivity contribution >= 4 is 17.3 Å². The third-order valence-electron chi connectivity index (χ3n) is 4.01. The van der Waals surface area contributed by atoms with E-state index >= 15 is 0 Å². The lowest BCUT2D eigenvalue weighted by Crippen LogP contribution is -2.42. The zero-order valence-corrected chi connectivity index (χ0v) is 14.6. The highest BCUT2D eigenvalue weighted by Gasteiger charge is 2.29. The molecule has 1 N–H and O–H groups in total. The molecule has 1 atom stereocenters. The summed E-state index contributed by atoms with van der Waals surface area (Å²) in [6.07, 6.45) is 1.65. The van der Waals surface area contributed by atoms with Gasteiger partial charge < -0.3 is 19.4 Å². The van der Waals surface area contributed by atoms with Gasteiger partial charge in [0.2, 0.25) is 5.88 Å². The van der Waals surface area contributed by atoms with Gasteiger partial charge in [-0.3, -0.25) is 0 Å². The summed E-state index contributed by atoms with van der Waals surface area (Å²) in [5, 5.41) is 0. The standard InChI is InChI=1S/C17H24N4O3/c1-17(2,3)24-16(22)21-9-5-6-11(10-21)14-18-12-7-8-13(23-4)19-15(12)20-14/h7-8,11H,5-6,9-10H2,1-4H3,(H,18,19,20)/t11-/m1/s1. The fourth-order valence-electron chi connectivity index (χ4n) is 2.89. The van der Waals surface area contributed by atoms with Gasteiger partial charge in [0.1, 0.15) is 11.4 Å². The zero-order chi connectivity index (χ0) is 17.3. The van der Waals surface area contributed by atoms with E-state index in [0.717, 1.165) is 30.7 Å². The van der Waals surface area contributed by atoms with E-state index in [9.17, 15) is 4.79 Å². The second kappa shape index (κ2) is 6.30. The Balaban J connectivity index is 1.76. The minimum Gasteiger partial charge on any atom is -0.481 e. The van der Waals surface area contributed by atoms with Crippen LogP contribution in [0.15, 0.2) is 12.1 Å². The largest absolute Gasteiger partial charge is 0.481 e. The number of nitrogens with one attached hydrogen (secondary N) is 1. The van der Waals surface area contributed by atoms with E-state index in [1.165, 1.54) is 0 Å². The molecule has 130 valence electrons. The van der Waals surface area contributed by atoms with Crippen LogP contribution < -0.4 is 4.74 Å². The van der Waals surface area contributed by atoms with Crippen molar-refractivity contribution in [1.29, 1.82) is 0 Å². The number of ether oxygens (including phenoxy) is 2. The predicted molar refractivity (Wildman–Crippen MR) is 90.2 cm³/mol. The van der Waals surface area contributed by atoms with E-state index in [1.54, 1.807) is 18.1 Å². The van der Waals surface area contributed by atoms with Crippen molar-refractivity contribution in [3.8, 4) is 5.88 Å². The summed E-state index contributed by atoms with van der Waals surface area (Å²) in [4.78, 5) is 26.3. The first-order valence-electron chi connectivity index (χ1n) is 8.24. The Labute approximate surface area is 141 Å². The molecule has 7 nitrogen and oxygen atoms in total. The molecule has 24 heavy (non-hydrogen) atoms. The van der Waals surface area contributed by atoms with Crippen LogP contribution in [0.3, 0.4) is 0 Å². The number of amides is 1. The number of rotatable bonds is 2. The van der Waals surface area contributed by atoms with Crippen LogP contribution in [0.5, 0.6) is 5.88 Å². The Morgan fingerprint density at radius 2 is 2.12 bits per heavy atom. The minimum atomic E-state index is -0.482. The molecule has 2 aromatic rings. The summed E-state index contributed by atoms with van der Waals surface area (Å²) in [7, 11) is 1.58. The number of carbonyl (C=O) groups is 1. The molecule has 1 fully saturated rings. The molecule has 0 unspecified atom stereocenters. The van der Waals surface area contributed by atoms with Gasteiger partial charge in [0.15, 0.2) is 5.65 Å². The van der Waals surface area contributed by atoms with Crippen molar-refractivity contribution in [3.63, 3.8) is 0 Å². The Kier molecular flexibility index (Phi) is 4.34. The number of likely N-dealkylation sites (tertiary alicyclic amines) is 1. The Bertz CT molecular complexity index is 735. The van der Waals surface area contributed by atoms with Gasteiger partial charge in [0.05, 0.1) is 12.6 Å². The molecule has 1 aliphatic rings. The van der Waals surface area contributed by atoms with Crippen molar-refractivity contribution in [3.05, 3.63) is 18.0 Å². The summed E-state index contributed by atoms with van der Waals surface area (Å²) in [6.45, 7) is 6.96. The van der Waals surface area contributed by atoms with E-state index in [-0.39, 0.29) is 12.0 Å². The first-order chi connectivity index (χ1) is 11.4. The molecule has 0 radical (unpaired) electrons. The van der Waals surface area contributed by atoms with E-state index in [2.05, 4.69) is 15.0 Å². The van der Waals surface area contributed by atoms with Crippen molar-refractivity contribution in [1.82, 2.24) is 19.9 Å². The van der Waals surface area contributed by atoms with Crippen LogP contribution in [0.25, 0.3) is 11.2 Å². The van der Waals surface area contributed by atoms with Crippen LogP contribution >= 0.6 is 0 Å². The molecular weight excluding hydrogens is 308 g/mol. The number of aromatic amines is 1. The van der Waals surface area contributed by atoms with Gasteiger partial charge >= 0.3 is 6.09 Å². The first-order valence-corrected chi connectivity index (χ1v) is 8.24. The highest BCUT2D eigenvalue weighted by Crippen LogP contribution is 2.27. The number of carbonyl (C=O) groups excluding carboxylic acids is 1. The van der Waals surface area contributed by atoms with Gasteiger partial charge in [-0.05, 0) is 39.7 Å². The number of fused-ring (bicyclic) bond motifs is 1. The molecule has 1 saturated heterocycles. The second-order valence-electron chi connectivity index (χ2n) is 7.11. The highest BCUT2D eigenvalue weighted by atomic mass is 16.6. The lowest BCUT2D eigenvalue weighted by atomic mass is 9.98. The smallest absolute Gasteiger partial charge is 0.410 e. The van der Waals surface area contributed by atoms with Crippen molar-refractivity contribution in [2.75, 3.05) is 20.2 Å². The maximum absolute atomic E-state index is 12.3. The third-order valence-corrected chi connectivity index (χ3v) is 4.01. The van der Waals surface area contributed by atoms with E-state index in [1.807, 2.05) is 26.8 Å². The topological polar surface area (TPSA) is 80.3 Å². The van der Waals surface area contributed by atoms with Crippen LogP contribution in [0.1, 0.15) is 45.4 Å². The van der Waals surface area contributed by atoms with Crippen molar-refractivity contribution < 1.29 is 14.3 Å². The Morgan fingerprint density at radius 1 is 1.33 bits per heavy atom. The number of methoxy groups -OCH3 is 1. The van der Waals surface area contributed by atoms with Crippen molar-refractivity contribution in [2.24, 2.45) is 0 Å². The van der Waals surface area contributed by atoms with Gasteiger partial charge in [-0.15, -0.1) is 0 Å². The summed E-state index contributed by atoms with van der Waals surface area (Å²) in [5.41, 5.74) is 1.03. The van der Waals surface area contributed by atoms with E-state index < -0.39 is 5.60 Å². The van der Waals surface area contributed by atoms with Crippen LogP contribution in [0, 0.1) is 0 Å². The van der Waals surface area contributed by atoms with Gasteiger partial charge in [-0.1, -0.05) is 0 Å². The lowest BCUT2D eigenvalue weighted by Gasteiger charge is -2.33. The van der Waals surface area contributed by atoms with E-state index in [4.69, 9.17) is 9.47 Å². The molecule has 0 saturated carbocycles. The monoisotopic (exact) mass is 332 g/mol. The average Bonchev–Trinajstić information content (AvgIpc) is 2.96. The summed E-state index contributed by atoms with van der Waals surface area (Å²) in [6, 6.07) is 3.71. The van der Waals surface area contributed by atoms with Crippen LogP contribution in [-0.2, 0) is 4.74 Å². The Hall–Kier alpha value is -2.31. The maximum Gasteiger partial charge on any atom is 0.410 e. The quantitative estimate of drug-likeness (QED) is 0.914. The lowest BCUT2D eigenvalue weighted by molar-refractivity contribution is 0.0196. The zero-order valence-electron chi connectivity index (χ0n) is 14.6. The van der Waals surface area contributed by atoms with Crippen LogP contribution in [0.4, 0.5) is 4.79 Å². The summed E-state index contributed by atoms with van der Waals surface area (Å²) < 4.78 is 10.6. The molecule has 1 amide bonds. The fourth-order valence-corrected chi connectivity index (χ4v) is 2.89. The van der Waals surface area contributed by atoms with Gasteiger partial charge in [0.25, 0.3) is 0 Å². The molecule has 0 aliphatic carbocycles. The molecule has 1 aliphatic heterocycles. The minimum absolute atomic E-state index is 0.159. The number of piperidine rings is 1. The fraction of sp³-hybridized carbons (Fsp3) is 0.588. The number of nitrogens with zero attached hydrogens (tertiary/aromatic N) is 3.